The largest absolute Gasteiger partial charge is 0.469 e. The van der Waals surface area contributed by atoms with E-state index in [9.17, 15) is 9.59 Å². The highest BCUT2D eigenvalue weighted by molar-refractivity contribution is 5.89. The number of fused-ring (bicyclic) bond motifs is 2. The minimum absolute atomic E-state index is 0. The van der Waals surface area contributed by atoms with Gasteiger partial charge in [-0.2, -0.15) is 0 Å². The maximum absolute atomic E-state index is 12.3. The Morgan fingerprint density at radius 1 is 1.27 bits per heavy atom. The van der Waals surface area contributed by atoms with E-state index in [1.54, 1.807) is 30.3 Å². The van der Waals surface area contributed by atoms with Gasteiger partial charge in [-0.15, -0.1) is 12.4 Å². The predicted octanol–water partition coefficient (Wildman–Crippen LogP) is 1.95. The Kier molecular flexibility index (Phi) is 4.17. The van der Waals surface area contributed by atoms with Crippen LogP contribution in [0.5, 0.6) is 0 Å². The van der Waals surface area contributed by atoms with E-state index in [2.05, 4.69) is 10.1 Å². The van der Waals surface area contributed by atoms with E-state index >= 15 is 0 Å². The summed E-state index contributed by atoms with van der Waals surface area (Å²) in [6.07, 6.45) is 1.37. The van der Waals surface area contributed by atoms with Gasteiger partial charge < -0.3 is 14.8 Å². The molecule has 0 aliphatic carbocycles. The molecule has 0 aromatic heterocycles. The van der Waals surface area contributed by atoms with Gasteiger partial charge in [-0.25, -0.2) is 4.79 Å². The fraction of sp³-hybridized carbons (Fsp3) is 0.500. The summed E-state index contributed by atoms with van der Waals surface area (Å²) in [5.41, 5.74) is 0.395. The molecule has 4 unspecified atom stereocenters. The fourth-order valence-corrected chi connectivity index (χ4v) is 3.29. The first kappa shape index (κ1) is 12.9. The highest BCUT2D eigenvalue weighted by atomic mass is 35.5. The Labute approximate surface area is 140 Å². The first-order chi connectivity index (χ1) is 11.3. The lowest BCUT2D eigenvalue weighted by Gasteiger charge is -2.35. The number of rotatable bonds is 3. The van der Waals surface area contributed by atoms with Gasteiger partial charge in [0, 0.05) is 18.5 Å². The van der Waals surface area contributed by atoms with Gasteiger partial charge in [0.1, 0.15) is 12.0 Å². The number of piperidine rings is 1. The van der Waals surface area contributed by atoms with Crippen molar-refractivity contribution in [3.8, 4) is 0 Å². The number of halogens is 1. The lowest BCUT2D eigenvalue weighted by atomic mass is 9.89. The maximum Gasteiger partial charge on any atom is 0.338 e. The number of ether oxygens (including phenoxy) is 2. The lowest BCUT2D eigenvalue weighted by molar-refractivity contribution is -0.152. The lowest BCUT2D eigenvalue weighted by Crippen LogP contribution is -2.53. The van der Waals surface area contributed by atoms with Crippen molar-refractivity contribution >= 4 is 24.3 Å². The zero-order valence-corrected chi connectivity index (χ0v) is 12.7. The average molecular weight is 329 g/mol. The second-order valence-corrected chi connectivity index (χ2v) is 5.54. The summed E-state index contributed by atoms with van der Waals surface area (Å²) in [6, 6.07) is 8.44. The van der Waals surface area contributed by atoms with Crippen LogP contribution in [0.25, 0.3) is 0 Å². The molecule has 3 rings (SSSR count). The van der Waals surface area contributed by atoms with E-state index < -0.39 is 31.0 Å². The fourth-order valence-electron chi connectivity index (χ4n) is 3.29. The Morgan fingerprint density at radius 2 is 2.05 bits per heavy atom. The van der Waals surface area contributed by atoms with Crippen LogP contribution in [0.4, 0.5) is 0 Å². The van der Waals surface area contributed by atoms with E-state index in [0.717, 1.165) is 12.8 Å². The molecule has 6 heteroatoms. The molecule has 22 heavy (non-hydrogen) atoms. The van der Waals surface area contributed by atoms with Gasteiger partial charge in [0.15, 0.2) is 0 Å². The standard InChI is InChI=1S/C16H19NO4.ClH/c1-20-16(19)14-12-8-7-11(17-12)9-13(14)21-15(18)10-5-3-2-4-6-10;/h2-6,11-14,17H,7-9H2,1H3;1H/i1D3;. The van der Waals surface area contributed by atoms with E-state index in [1.165, 1.54) is 0 Å². The number of carbonyl (C=O) groups excluding carboxylic acids is 2. The van der Waals surface area contributed by atoms with Crippen molar-refractivity contribution in [3.05, 3.63) is 35.9 Å². The number of methoxy groups -OCH3 is 1. The Balaban J connectivity index is 0.00000225. The highest BCUT2D eigenvalue weighted by Crippen LogP contribution is 2.34. The van der Waals surface area contributed by atoms with Crippen LogP contribution in [0.15, 0.2) is 30.3 Å². The first-order valence-electron chi connectivity index (χ1n) is 8.58. The molecular weight excluding hydrogens is 306 g/mol. The molecule has 2 heterocycles. The van der Waals surface area contributed by atoms with Crippen molar-refractivity contribution in [1.29, 1.82) is 0 Å². The second-order valence-electron chi connectivity index (χ2n) is 5.54. The minimum Gasteiger partial charge on any atom is -0.469 e. The van der Waals surface area contributed by atoms with Gasteiger partial charge in [0.05, 0.1) is 16.7 Å². The molecule has 4 atom stereocenters. The smallest absolute Gasteiger partial charge is 0.338 e. The van der Waals surface area contributed by atoms with Gasteiger partial charge in [-0.1, -0.05) is 18.2 Å². The van der Waals surface area contributed by atoms with Crippen molar-refractivity contribution < 1.29 is 23.2 Å². The summed E-state index contributed by atoms with van der Waals surface area (Å²) in [5, 5.41) is 3.27. The Morgan fingerprint density at radius 3 is 2.77 bits per heavy atom. The molecule has 2 fully saturated rings. The maximum atomic E-state index is 12.3. The second kappa shape index (κ2) is 7.11. The molecule has 1 aromatic rings. The first-order valence-corrected chi connectivity index (χ1v) is 7.08. The molecule has 1 N–H and O–H groups in total. The third-order valence-electron chi connectivity index (χ3n) is 4.27. The molecule has 2 bridgehead atoms. The predicted molar refractivity (Wildman–Crippen MR) is 83.0 cm³/mol. The number of benzene rings is 1. The number of carbonyl (C=O) groups is 2. The molecular formula is C16H20ClNO4. The Hall–Kier alpha value is -1.59. The van der Waals surface area contributed by atoms with Crippen molar-refractivity contribution in [1.82, 2.24) is 5.32 Å². The van der Waals surface area contributed by atoms with E-state index in [-0.39, 0.29) is 24.5 Å². The molecule has 2 saturated heterocycles. The van der Waals surface area contributed by atoms with Gasteiger partial charge in [0.25, 0.3) is 0 Å². The monoisotopic (exact) mass is 328 g/mol. The molecule has 0 radical (unpaired) electrons. The van der Waals surface area contributed by atoms with Crippen molar-refractivity contribution in [2.75, 3.05) is 7.04 Å². The van der Waals surface area contributed by atoms with Crippen LogP contribution in [-0.2, 0) is 14.3 Å². The Bertz CT molecular complexity index is 626. The molecule has 2 aliphatic rings. The summed E-state index contributed by atoms with van der Waals surface area (Å²) in [6.45, 7) is 0. The SMILES string of the molecule is Cl.[2H]C([2H])([2H])OC(=O)C1C2CCC(CC1OC(=O)c1ccccc1)N2. The van der Waals surface area contributed by atoms with E-state index in [1.807, 2.05) is 0 Å². The summed E-state index contributed by atoms with van der Waals surface area (Å²) < 4.78 is 31.5. The van der Waals surface area contributed by atoms with Gasteiger partial charge in [0.2, 0.25) is 0 Å². The van der Waals surface area contributed by atoms with Gasteiger partial charge in [-0.05, 0) is 25.0 Å². The van der Waals surface area contributed by atoms with Crippen molar-refractivity contribution in [2.45, 2.75) is 37.5 Å². The number of nitrogens with one attached hydrogen (secondary N) is 1. The molecule has 0 saturated carbocycles. The molecule has 0 amide bonds. The molecule has 5 nitrogen and oxygen atoms in total. The number of hydrogen-bond acceptors (Lipinski definition) is 5. The van der Waals surface area contributed by atoms with Crippen LogP contribution >= 0.6 is 12.4 Å². The molecule has 0 spiro atoms. The van der Waals surface area contributed by atoms with Crippen molar-refractivity contribution in [2.24, 2.45) is 5.92 Å². The zero-order chi connectivity index (χ0) is 17.3. The summed E-state index contributed by atoms with van der Waals surface area (Å²) >= 11 is 0. The van der Waals surface area contributed by atoms with E-state index in [4.69, 9.17) is 8.85 Å². The van der Waals surface area contributed by atoms with Crippen LogP contribution in [-0.4, -0.2) is 37.2 Å². The zero-order valence-electron chi connectivity index (χ0n) is 14.9. The van der Waals surface area contributed by atoms with Gasteiger partial charge >= 0.3 is 11.9 Å². The summed E-state index contributed by atoms with van der Waals surface area (Å²) in [4.78, 5) is 24.6. The van der Waals surface area contributed by atoms with Crippen LogP contribution in [0, 0.1) is 5.92 Å². The topological polar surface area (TPSA) is 64.6 Å². The third kappa shape index (κ3) is 3.25. The van der Waals surface area contributed by atoms with Gasteiger partial charge in [-0.3, -0.25) is 4.79 Å². The summed E-state index contributed by atoms with van der Waals surface area (Å²) in [5.74, 6) is -2.18. The van der Waals surface area contributed by atoms with E-state index in [0.29, 0.717) is 12.0 Å². The summed E-state index contributed by atoms with van der Waals surface area (Å²) in [7, 11) is -2.81. The molecule has 1 aromatic carbocycles. The molecule has 120 valence electrons. The normalized spacial score (nSPS) is 31.9. The van der Waals surface area contributed by atoms with Crippen LogP contribution in [0.1, 0.15) is 33.7 Å². The van der Waals surface area contributed by atoms with Crippen LogP contribution in [0.2, 0.25) is 0 Å². The quantitative estimate of drug-likeness (QED) is 0.859. The number of hydrogen-bond donors (Lipinski definition) is 1. The third-order valence-corrected chi connectivity index (χ3v) is 4.27. The van der Waals surface area contributed by atoms with Crippen molar-refractivity contribution in [3.63, 3.8) is 0 Å². The average Bonchev–Trinajstić information content (AvgIpc) is 2.88. The highest BCUT2D eigenvalue weighted by Gasteiger charge is 2.47. The molecule has 2 aliphatic heterocycles. The van der Waals surface area contributed by atoms with Crippen LogP contribution in [0.3, 0.4) is 0 Å². The van der Waals surface area contributed by atoms with Crippen LogP contribution < -0.4 is 5.32 Å². The number of esters is 2. The minimum atomic E-state index is -2.81.